The lowest BCUT2D eigenvalue weighted by Crippen LogP contribution is -2.10. The molecule has 0 bridgehead atoms. The zero-order valence-electron chi connectivity index (χ0n) is 9.50. The average Bonchev–Trinajstić information content (AvgIpc) is 2.80. The maximum absolute atomic E-state index is 6.18. The largest absolute Gasteiger partial charge is 0.312 e. The minimum atomic E-state index is 0.312. The Kier molecular flexibility index (Phi) is 4.20. The molecule has 0 saturated carbocycles. The fourth-order valence-corrected chi connectivity index (χ4v) is 3.05. The normalized spacial score (nSPS) is 12.7. The molecule has 2 nitrogen and oxygen atoms in total. The number of benzene rings is 1. The standard InChI is InChI=1S/C12H12BrClN2S/c1-7(15-2)11-6-16-12(17-11)9-5-8(13)3-4-10(9)14/h3-7,15H,1-2H3. The van der Waals surface area contributed by atoms with Crippen molar-refractivity contribution in [2.75, 3.05) is 7.05 Å². The monoisotopic (exact) mass is 330 g/mol. The van der Waals surface area contributed by atoms with E-state index in [-0.39, 0.29) is 0 Å². The molecule has 0 aliphatic heterocycles. The summed E-state index contributed by atoms with van der Waals surface area (Å²) in [5.74, 6) is 0. The number of aromatic nitrogens is 1. The van der Waals surface area contributed by atoms with Crippen LogP contribution in [0.15, 0.2) is 28.9 Å². The smallest absolute Gasteiger partial charge is 0.125 e. The number of nitrogens with zero attached hydrogens (tertiary/aromatic N) is 1. The van der Waals surface area contributed by atoms with Crippen LogP contribution in [0.3, 0.4) is 0 Å². The van der Waals surface area contributed by atoms with Crippen LogP contribution in [0.25, 0.3) is 10.6 Å². The first kappa shape index (κ1) is 13.0. The van der Waals surface area contributed by atoms with Crippen molar-refractivity contribution in [3.05, 3.63) is 38.8 Å². The molecule has 17 heavy (non-hydrogen) atoms. The highest BCUT2D eigenvalue weighted by Crippen LogP contribution is 2.34. The Morgan fingerprint density at radius 2 is 2.24 bits per heavy atom. The Labute approximate surface area is 118 Å². The Bertz CT molecular complexity index is 527. The number of thiazole rings is 1. The van der Waals surface area contributed by atoms with Crippen molar-refractivity contribution in [3.63, 3.8) is 0 Å². The van der Waals surface area contributed by atoms with Crippen LogP contribution in [0.4, 0.5) is 0 Å². The Hall–Kier alpha value is -0.420. The van der Waals surface area contributed by atoms with Crippen molar-refractivity contribution < 1.29 is 0 Å². The van der Waals surface area contributed by atoms with Gasteiger partial charge in [0.05, 0.1) is 5.02 Å². The summed E-state index contributed by atoms with van der Waals surface area (Å²) in [5, 5.41) is 4.88. The van der Waals surface area contributed by atoms with Gasteiger partial charge in [-0.3, -0.25) is 0 Å². The number of rotatable bonds is 3. The predicted octanol–water partition coefficient (Wildman–Crippen LogP) is 4.51. The summed E-state index contributed by atoms with van der Waals surface area (Å²) in [6.45, 7) is 2.11. The van der Waals surface area contributed by atoms with Crippen LogP contribution in [0.1, 0.15) is 17.8 Å². The molecule has 1 unspecified atom stereocenters. The van der Waals surface area contributed by atoms with E-state index in [9.17, 15) is 0 Å². The minimum absolute atomic E-state index is 0.312. The van der Waals surface area contributed by atoms with E-state index in [4.69, 9.17) is 11.6 Å². The van der Waals surface area contributed by atoms with E-state index in [0.29, 0.717) is 6.04 Å². The van der Waals surface area contributed by atoms with Gasteiger partial charge in [-0.05, 0) is 32.2 Å². The molecule has 1 aromatic heterocycles. The van der Waals surface area contributed by atoms with Gasteiger partial charge in [-0.1, -0.05) is 27.5 Å². The summed E-state index contributed by atoms with van der Waals surface area (Å²) in [6, 6.07) is 6.11. The first-order chi connectivity index (χ1) is 8.11. The zero-order chi connectivity index (χ0) is 12.4. The second-order valence-electron chi connectivity index (χ2n) is 3.70. The van der Waals surface area contributed by atoms with Crippen LogP contribution in [-0.4, -0.2) is 12.0 Å². The summed E-state index contributed by atoms with van der Waals surface area (Å²) in [6.07, 6.45) is 1.90. The van der Waals surface area contributed by atoms with Crippen LogP contribution in [0.2, 0.25) is 5.02 Å². The van der Waals surface area contributed by atoms with E-state index in [1.54, 1.807) is 11.3 Å². The lowest BCUT2D eigenvalue weighted by Gasteiger charge is -2.05. The van der Waals surface area contributed by atoms with Gasteiger partial charge in [0.15, 0.2) is 0 Å². The minimum Gasteiger partial charge on any atom is -0.312 e. The zero-order valence-corrected chi connectivity index (χ0v) is 12.7. The Balaban J connectivity index is 2.40. The lowest BCUT2D eigenvalue weighted by molar-refractivity contribution is 0.662. The first-order valence-corrected chi connectivity index (χ1v) is 7.19. The molecular weight excluding hydrogens is 320 g/mol. The highest BCUT2D eigenvalue weighted by molar-refractivity contribution is 9.10. The van der Waals surface area contributed by atoms with E-state index in [1.807, 2.05) is 31.4 Å². The Morgan fingerprint density at radius 3 is 2.94 bits per heavy atom. The molecule has 0 aliphatic carbocycles. The molecule has 0 aliphatic rings. The van der Waals surface area contributed by atoms with Gasteiger partial charge >= 0.3 is 0 Å². The highest BCUT2D eigenvalue weighted by Gasteiger charge is 2.12. The second-order valence-corrected chi connectivity index (χ2v) is 6.09. The molecule has 0 amide bonds. The van der Waals surface area contributed by atoms with Gasteiger partial charge in [0.2, 0.25) is 0 Å². The van der Waals surface area contributed by atoms with Gasteiger partial charge < -0.3 is 5.32 Å². The first-order valence-electron chi connectivity index (χ1n) is 5.20. The topological polar surface area (TPSA) is 24.9 Å². The van der Waals surface area contributed by atoms with Crippen LogP contribution >= 0.6 is 38.9 Å². The molecule has 1 atom stereocenters. The van der Waals surface area contributed by atoms with Gasteiger partial charge in [0.25, 0.3) is 0 Å². The van der Waals surface area contributed by atoms with Crippen molar-refractivity contribution >= 4 is 38.9 Å². The molecule has 5 heteroatoms. The van der Waals surface area contributed by atoms with Gasteiger partial charge in [0.1, 0.15) is 5.01 Å². The van der Waals surface area contributed by atoms with Crippen LogP contribution < -0.4 is 5.32 Å². The third kappa shape index (κ3) is 2.88. The highest BCUT2D eigenvalue weighted by atomic mass is 79.9. The lowest BCUT2D eigenvalue weighted by atomic mass is 10.2. The number of hydrogen-bond donors (Lipinski definition) is 1. The van der Waals surface area contributed by atoms with Crippen molar-refractivity contribution in [1.82, 2.24) is 10.3 Å². The molecule has 0 radical (unpaired) electrons. The molecule has 1 aromatic carbocycles. The molecule has 2 rings (SSSR count). The third-order valence-corrected chi connectivity index (χ3v) is 4.58. The fourth-order valence-electron chi connectivity index (χ4n) is 1.41. The molecule has 2 aromatic rings. The second kappa shape index (κ2) is 5.48. The van der Waals surface area contributed by atoms with Crippen LogP contribution in [0.5, 0.6) is 0 Å². The van der Waals surface area contributed by atoms with Crippen molar-refractivity contribution in [3.8, 4) is 10.6 Å². The summed E-state index contributed by atoms with van der Waals surface area (Å²) < 4.78 is 1.01. The molecule has 1 heterocycles. The average molecular weight is 332 g/mol. The van der Waals surface area contributed by atoms with Crippen LogP contribution in [-0.2, 0) is 0 Å². The summed E-state index contributed by atoms with van der Waals surface area (Å²) in [7, 11) is 1.94. The van der Waals surface area contributed by atoms with Gasteiger partial charge in [-0.25, -0.2) is 4.98 Å². The summed E-state index contributed by atoms with van der Waals surface area (Å²) >= 11 is 11.3. The van der Waals surface area contributed by atoms with Crippen molar-refractivity contribution in [2.45, 2.75) is 13.0 Å². The molecule has 1 N–H and O–H groups in total. The Morgan fingerprint density at radius 1 is 1.47 bits per heavy atom. The van der Waals surface area contributed by atoms with E-state index in [1.165, 1.54) is 4.88 Å². The van der Waals surface area contributed by atoms with Gasteiger partial charge in [-0.2, -0.15) is 0 Å². The predicted molar refractivity (Wildman–Crippen MR) is 77.7 cm³/mol. The van der Waals surface area contributed by atoms with Crippen molar-refractivity contribution in [2.24, 2.45) is 0 Å². The SMILES string of the molecule is CNC(C)c1cnc(-c2cc(Br)ccc2Cl)s1. The van der Waals surface area contributed by atoms with Gasteiger partial charge in [0, 0.05) is 27.2 Å². The number of nitrogens with one attached hydrogen (secondary N) is 1. The molecule has 90 valence electrons. The molecule has 0 spiro atoms. The fraction of sp³-hybridized carbons (Fsp3) is 0.250. The quantitative estimate of drug-likeness (QED) is 0.895. The number of hydrogen-bond acceptors (Lipinski definition) is 3. The van der Waals surface area contributed by atoms with Crippen molar-refractivity contribution in [1.29, 1.82) is 0 Å². The third-order valence-electron chi connectivity index (χ3n) is 2.54. The van der Waals surface area contributed by atoms with E-state index in [2.05, 4.69) is 33.2 Å². The summed E-state index contributed by atoms with van der Waals surface area (Å²) in [5.41, 5.74) is 0.973. The molecular formula is C12H12BrClN2S. The molecule has 0 fully saturated rings. The number of halogens is 2. The van der Waals surface area contributed by atoms with E-state index in [0.717, 1.165) is 20.1 Å². The maximum Gasteiger partial charge on any atom is 0.125 e. The van der Waals surface area contributed by atoms with E-state index < -0.39 is 0 Å². The molecule has 0 saturated heterocycles. The van der Waals surface area contributed by atoms with E-state index >= 15 is 0 Å². The van der Waals surface area contributed by atoms with Gasteiger partial charge in [-0.15, -0.1) is 11.3 Å². The summed E-state index contributed by atoms with van der Waals surface area (Å²) in [4.78, 5) is 5.64. The maximum atomic E-state index is 6.18. The van der Waals surface area contributed by atoms with Crippen LogP contribution in [0, 0.1) is 0 Å².